The van der Waals surface area contributed by atoms with Crippen molar-refractivity contribution in [1.29, 1.82) is 0 Å². The molecule has 1 rings (SSSR count). The van der Waals surface area contributed by atoms with Gasteiger partial charge in [0.05, 0.1) is 0 Å². The first kappa shape index (κ1) is 9.35. The summed E-state index contributed by atoms with van der Waals surface area (Å²) in [5.74, 6) is -1.70. The average Bonchev–Trinajstić information content (AvgIpc) is 2.31. The Balaban J connectivity index is 2.64. The Kier molecular flexibility index (Phi) is 2.30. The standard InChI is InChI=1S/C7H10F3NO/c1-5-3-2-4-11(5)6(12)7(8,9)10/h5H,2-4H2,1H3/t5-/m0/s1. The second kappa shape index (κ2) is 2.95. The Hall–Kier alpha value is -0.740. The molecule has 0 radical (unpaired) electrons. The van der Waals surface area contributed by atoms with Crippen molar-refractivity contribution in [2.75, 3.05) is 6.54 Å². The molecule has 1 aliphatic heterocycles. The van der Waals surface area contributed by atoms with E-state index >= 15 is 0 Å². The molecule has 12 heavy (non-hydrogen) atoms. The van der Waals surface area contributed by atoms with Gasteiger partial charge in [0.1, 0.15) is 0 Å². The van der Waals surface area contributed by atoms with Gasteiger partial charge in [-0.3, -0.25) is 4.79 Å². The Morgan fingerprint density at radius 1 is 1.50 bits per heavy atom. The number of alkyl halides is 3. The Labute approximate surface area is 68.3 Å². The first-order valence-corrected chi connectivity index (χ1v) is 3.80. The Bertz CT molecular complexity index is 190. The summed E-state index contributed by atoms with van der Waals surface area (Å²) in [6, 6.07) is -0.265. The van der Waals surface area contributed by atoms with Crippen LogP contribution in [0.2, 0.25) is 0 Å². The van der Waals surface area contributed by atoms with Crippen molar-refractivity contribution >= 4 is 5.91 Å². The molecule has 70 valence electrons. The molecule has 0 aromatic carbocycles. The van der Waals surface area contributed by atoms with Crippen LogP contribution >= 0.6 is 0 Å². The fourth-order valence-electron chi connectivity index (χ4n) is 1.40. The molecule has 2 nitrogen and oxygen atoms in total. The molecule has 1 atom stereocenters. The van der Waals surface area contributed by atoms with Crippen LogP contribution in [0.1, 0.15) is 19.8 Å². The van der Waals surface area contributed by atoms with Gasteiger partial charge in [0.25, 0.3) is 0 Å². The van der Waals surface area contributed by atoms with Crippen molar-refractivity contribution in [3.05, 3.63) is 0 Å². The largest absolute Gasteiger partial charge is 0.471 e. The van der Waals surface area contributed by atoms with Crippen molar-refractivity contribution in [3.63, 3.8) is 0 Å². The summed E-state index contributed by atoms with van der Waals surface area (Å²) in [5, 5.41) is 0. The van der Waals surface area contributed by atoms with Crippen molar-refractivity contribution in [2.24, 2.45) is 0 Å². The molecule has 0 unspecified atom stereocenters. The van der Waals surface area contributed by atoms with Crippen LogP contribution in [-0.4, -0.2) is 29.6 Å². The molecule has 1 aliphatic rings. The van der Waals surface area contributed by atoms with Gasteiger partial charge in [-0.2, -0.15) is 13.2 Å². The van der Waals surface area contributed by atoms with E-state index in [1.807, 2.05) is 0 Å². The number of hydrogen-bond donors (Lipinski definition) is 0. The highest BCUT2D eigenvalue weighted by Crippen LogP contribution is 2.24. The molecule has 1 amide bonds. The zero-order valence-electron chi connectivity index (χ0n) is 6.69. The van der Waals surface area contributed by atoms with Crippen molar-refractivity contribution in [1.82, 2.24) is 4.90 Å². The molecule has 0 saturated carbocycles. The lowest BCUT2D eigenvalue weighted by Gasteiger charge is -2.22. The smallest absolute Gasteiger partial charge is 0.332 e. The minimum Gasteiger partial charge on any atom is -0.332 e. The second-order valence-electron chi connectivity index (χ2n) is 2.99. The third-order valence-corrected chi connectivity index (χ3v) is 2.06. The summed E-state index contributed by atoms with van der Waals surface area (Å²) in [7, 11) is 0. The molecule has 5 heteroatoms. The van der Waals surface area contributed by atoms with Crippen LogP contribution in [0.4, 0.5) is 13.2 Å². The summed E-state index contributed by atoms with van der Waals surface area (Å²) in [6.07, 6.45) is -3.37. The summed E-state index contributed by atoms with van der Waals surface area (Å²) in [6.45, 7) is 1.87. The maximum Gasteiger partial charge on any atom is 0.471 e. The Morgan fingerprint density at radius 2 is 2.08 bits per heavy atom. The van der Waals surface area contributed by atoms with Crippen molar-refractivity contribution in [2.45, 2.75) is 32.0 Å². The lowest BCUT2D eigenvalue weighted by molar-refractivity contribution is -0.186. The van der Waals surface area contributed by atoms with Crippen LogP contribution in [0.3, 0.4) is 0 Å². The van der Waals surface area contributed by atoms with Crippen LogP contribution in [0, 0.1) is 0 Å². The van der Waals surface area contributed by atoms with Gasteiger partial charge in [0.2, 0.25) is 0 Å². The predicted octanol–water partition coefficient (Wildman–Crippen LogP) is 1.56. The van der Waals surface area contributed by atoms with Gasteiger partial charge in [-0.05, 0) is 19.8 Å². The Morgan fingerprint density at radius 3 is 2.42 bits per heavy atom. The van der Waals surface area contributed by atoms with Gasteiger partial charge in [-0.15, -0.1) is 0 Å². The number of amides is 1. The number of likely N-dealkylation sites (tertiary alicyclic amines) is 1. The molecular weight excluding hydrogens is 171 g/mol. The van der Waals surface area contributed by atoms with Gasteiger partial charge < -0.3 is 4.90 Å². The van der Waals surface area contributed by atoms with Crippen LogP contribution in [-0.2, 0) is 4.79 Å². The fourth-order valence-corrected chi connectivity index (χ4v) is 1.40. The fraction of sp³-hybridized carbons (Fsp3) is 0.857. The quantitative estimate of drug-likeness (QED) is 0.555. The topological polar surface area (TPSA) is 20.3 Å². The van der Waals surface area contributed by atoms with Gasteiger partial charge in [0.15, 0.2) is 0 Å². The molecule has 0 N–H and O–H groups in total. The third-order valence-electron chi connectivity index (χ3n) is 2.06. The van der Waals surface area contributed by atoms with E-state index in [1.165, 1.54) is 0 Å². The number of rotatable bonds is 0. The van der Waals surface area contributed by atoms with Crippen molar-refractivity contribution < 1.29 is 18.0 Å². The van der Waals surface area contributed by atoms with E-state index in [9.17, 15) is 18.0 Å². The molecule has 0 spiro atoms. The first-order chi connectivity index (χ1) is 5.43. The molecule has 0 aliphatic carbocycles. The minimum absolute atomic E-state index is 0.236. The average molecular weight is 181 g/mol. The summed E-state index contributed by atoms with van der Waals surface area (Å²) < 4.78 is 35.6. The molecule has 0 aromatic rings. The molecule has 1 heterocycles. The molecule has 1 fully saturated rings. The van der Waals surface area contributed by atoms with E-state index in [4.69, 9.17) is 0 Å². The minimum atomic E-state index is -4.71. The van der Waals surface area contributed by atoms with Gasteiger partial charge in [-0.1, -0.05) is 0 Å². The molecule has 0 bridgehead atoms. The van der Waals surface area contributed by atoms with Crippen LogP contribution < -0.4 is 0 Å². The number of nitrogens with zero attached hydrogens (tertiary/aromatic N) is 1. The van der Waals surface area contributed by atoms with E-state index < -0.39 is 12.1 Å². The summed E-state index contributed by atoms with van der Waals surface area (Å²) >= 11 is 0. The highest BCUT2D eigenvalue weighted by molar-refractivity contribution is 5.82. The van der Waals surface area contributed by atoms with Gasteiger partial charge in [0, 0.05) is 12.6 Å². The lowest BCUT2D eigenvalue weighted by Crippen LogP contribution is -2.42. The zero-order chi connectivity index (χ0) is 9.35. The number of hydrogen-bond acceptors (Lipinski definition) is 1. The SMILES string of the molecule is C[C@H]1CCCN1C(=O)C(F)(F)F. The van der Waals surface area contributed by atoms with E-state index in [1.54, 1.807) is 6.92 Å². The molecule has 1 saturated heterocycles. The summed E-state index contributed by atoms with van der Waals surface area (Å²) in [5.41, 5.74) is 0. The number of halogens is 3. The highest BCUT2D eigenvalue weighted by Gasteiger charge is 2.44. The predicted molar refractivity (Wildman–Crippen MR) is 36.5 cm³/mol. The maximum absolute atomic E-state index is 11.9. The zero-order valence-corrected chi connectivity index (χ0v) is 6.69. The van der Waals surface area contributed by atoms with Crippen molar-refractivity contribution in [3.8, 4) is 0 Å². The third kappa shape index (κ3) is 1.70. The van der Waals surface area contributed by atoms with Crippen LogP contribution in [0.15, 0.2) is 0 Å². The number of carbonyl (C=O) groups excluding carboxylic acids is 1. The van der Waals surface area contributed by atoms with Crippen LogP contribution in [0.5, 0.6) is 0 Å². The first-order valence-electron chi connectivity index (χ1n) is 3.80. The lowest BCUT2D eigenvalue weighted by atomic mass is 10.2. The maximum atomic E-state index is 11.9. The second-order valence-corrected chi connectivity index (χ2v) is 2.99. The highest BCUT2D eigenvalue weighted by atomic mass is 19.4. The molecular formula is C7H10F3NO. The van der Waals surface area contributed by atoms with Crippen LogP contribution in [0.25, 0.3) is 0 Å². The normalized spacial score (nSPS) is 24.7. The molecule has 0 aromatic heterocycles. The van der Waals surface area contributed by atoms with E-state index in [0.29, 0.717) is 12.8 Å². The van der Waals surface area contributed by atoms with E-state index in [0.717, 1.165) is 4.90 Å². The van der Waals surface area contributed by atoms with Gasteiger partial charge >= 0.3 is 12.1 Å². The monoisotopic (exact) mass is 181 g/mol. The van der Waals surface area contributed by atoms with E-state index in [2.05, 4.69) is 0 Å². The summed E-state index contributed by atoms with van der Waals surface area (Å²) in [4.78, 5) is 11.6. The number of carbonyl (C=O) groups is 1. The van der Waals surface area contributed by atoms with E-state index in [-0.39, 0.29) is 12.6 Å². The van der Waals surface area contributed by atoms with Gasteiger partial charge in [-0.25, -0.2) is 0 Å².